The second-order valence-corrected chi connectivity index (χ2v) is 4.83. The van der Waals surface area contributed by atoms with Gasteiger partial charge in [-0.15, -0.1) is 9.78 Å². The number of nitrogens with zero attached hydrogens (tertiary/aromatic N) is 4. The maximum absolute atomic E-state index is 12.1. The van der Waals surface area contributed by atoms with Crippen molar-refractivity contribution >= 4 is 22.8 Å². The van der Waals surface area contributed by atoms with Crippen LogP contribution in [0.25, 0.3) is 11.0 Å². The summed E-state index contributed by atoms with van der Waals surface area (Å²) in [5.41, 5.74) is 1.18. The van der Waals surface area contributed by atoms with Gasteiger partial charge in [0, 0.05) is 12.1 Å². The summed E-state index contributed by atoms with van der Waals surface area (Å²) in [4.78, 5) is 22.4. The van der Waals surface area contributed by atoms with Crippen molar-refractivity contribution in [2.24, 2.45) is 0 Å². The van der Waals surface area contributed by atoms with E-state index >= 15 is 0 Å². The SMILES string of the molecule is COc1ccc(COC(=O)n2nnc3ccc([N+](=O)[O-])cc32)cc1. The van der Waals surface area contributed by atoms with Gasteiger partial charge in [0.15, 0.2) is 0 Å². The van der Waals surface area contributed by atoms with Gasteiger partial charge < -0.3 is 9.47 Å². The van der Waals surface area contributed by atoms with E-state index in [4.69, 9.17) is 9.47 Å². The van der Waals surface area contributed by atoms with Crippen LogP contribution in [-0.4, -0.2) is 33.1 Å². The Balaban J connectivity index is 1.77. The zero-order valence-corrected chi connectivity index (χ0v) is 12.6. The molecule has 9 nitrogen and oxygen atoms in total. The van der Waals surface area contributed by atoms with E-state index in [1.807, 2.05) is 0 Å². The first-order valence-electron chi connectivity index (χ1n) is 6.88. The summed E-state index contributed by atoms with van der Waals surface area (Å²) in [7, 11) is 1.56. The molecule has 24 heavy (non-hydrogen) atoms. The maximum atomic E-state index is 12.1. The second-order valence-electron chi connectivity index (χ2n) is 4.83. The van der Waals surface area contributed by atoms with Crippen LogP contribution >= 0.6 is 0 Å². The molecule has 0 aliphatic rings. The quantitative estimate of drug-likeness (QED) is 0.534. The molecule has 0 aliphatic heterocycles. The maximum Gasteiger partial charge on any atom is 0.437 e. The van der Waals surface area contributed by atoms with Crippen LogP contribution in [0, 0.1) is 10.1 Å². The van der Waals surface area contributed by atoms with E-state index in [9.17, 15) is 14.9 Å². The summed E-state index contributed by atoms with van der Waals surface area (Å²) in [6.45, 7) is 0.0269. The van der Waals surface area contributed by atoms with Crippen molar-refractivity contribution < 1.29 is 19.2 Å². The highest BCUT2D eigenvalue weighted by Crippen LogP contribution is 2.19. The fraction of sp³-hybridized carbons (Fsp3) is 0.133. The van der Waals surface area contributed by atoms with Gasteiger partial charge in [-0.1, -0.05) is 17.3 Å². The molecule has 0 saturated carbocycles. The molecule has 0 amide bonds. The molecule has 3 aromatic rings. The second kappa shape index (κ2) is 6.32. The van der Waals surface area contributed by atoms with Gasteiger partial charge in [0.25, 0.3) is 5.69 Å². The molecule has 1 heterocycles. The highest BCUT2D eigenvalue weighted by atomic mass is 16.6. The van der Waals surface area contributed by atoms with Crippen molar-refractivity contribution in [1.82, 2.24) is 15.0 Å². The third-order valence-corrected chi connectivity index (χ3v) is 3.33. The van der Waals surface area contributed by atoms with E-state index in [0.29, 0.717) is 11.3 Å². The summed E-state index contributed by atoms with van der Waals surface area (Å²) in [5, 5.41) is 18.3. The first kappa shape index (κ1) is 15.4. The largest absolute Gasteiger partial charge is 0.497 e. The van der Waals surface area contributed by atoms with E-state index < -0.39 is 11.0 Å². The van der Waals surface area contributed by atoms with E-state index in [-0.39, 0.29) is 17.8 Å². The van der Waals surface area contributed by atoms with Crippen LogP contribution in [-0.2, 0) is 11.3 Å². The number of hydrogen-bond donors (Lipinski definition) is 0. The number of rotatable bonds is 4. The van der Waals surface area contributed by atoms with Gasteiger partial charge in [-0.3, -0.25) is 10.1 Å². The standard InChI is InChI=1S/C15H12N4O5/c1-23-12-5-2-10(3-6-12)9-24-15(20)18-14-8-11(19(21)22)4-7-13(14)16-17-18/h2-8H,9H2,1H3. The Hall–Kier alpha value is -3.49. The molecule has 0 fully saturated rings. The number of ether oxygens (including phenoxy) is 2. The number of nitro benzene ring substituents is 1. The average molecular weight is 328 g/mol. The van der Waals surface area contributed by atoms with Gasteiger partial charge >= 0.3 is 6.09 Å². The Morgan fingerprint density at radius 1 is 1.25 bits per heavy atom. The number of nitro groups is 1. The Labute approximate surface area is 135 Å². The van der Waals surface area contributed by atoms with E-state index in [1.165, 1.54) is 18.2 Å². The first-order valence-corrected chi connectivity index (χ1v) is 6.88. The minimum atomic E-state index is -0.770. The van der Waals surface area contributed by atoms with Crippen molar-refractivity contribution in [3.8, 4) is 5.75 Å². The molecule has 0 bridgehead atoms. The van der Waals surface area contributed by atoms with Crippen LogP contribution in [0.5, 0.6) is 5.75 Å². The summed E-state index contributed by atoms with van der Waals surface area (Å²) < 4.78 is 11.1. The lowest BCUT2D eigenvalue weighted by atomic mass is 10.2. The molecule has 0 aliphatic carbocycles. The average Bonchev–Trinajstić information content (AvgIpc) is 3.03. The van der Waals surface area contributed by atoms with Gasteiger partial charge in [-0.25, -0.2) is 4.79 Å². The fourth-order valence-electron chi connectivity index (χ4n) is 2.08. The van der Waals surface area contributed by atoms with Gasteiger partial charge in [-0.05, 0) is 23.8 Å². The Morgan fingerprint density at radius 2 is 2.00 bits per heavy atom. The summed E-state index contributed by atoms with van der Waals surface area (Å²) >= 11 is 0. The lowest BCUT2D eigenvalue weighted by Gasteiger charge is -2.05. The molecule has 0 spiro atoms. The van der Waals surface area contributed by atoms with E-state index in [1.54, 1.807) is 31.4 Å². The molecule has 3 rings (SSSR count). The third-order valence-electron chi connectivity index (χ3n) is 3.33. The van der Waals surface area contributed by atoms with Crippen LogP contribution in [0.15, 0.2) is 42.5 Å². The van der Waals surface area contributed by atoms with Crippen LogP contribution in [0.1, 0.15) is 5.56 Å². The zero-order chi connectivity index (χ0) is 17.1. The van der Waals surface area contributed by atoms with Gasteiger partial charge in [-0.2, -0.15) is 0 Å². The van der Waals surface area contributed by atoms with Crippen LogP contribution in [0.2, 0.25) is 0 Å². The molecular formula is C15H12N4O5. The molecule has 0 N–H and O–H groups in total. The van der Waals surface area contributed by atoms with E-state index in [2.05, 4.69) is 10.3 Å². The number of hydrogen-bond acceptors (Lipinski definition) is 7. The normalized spacial score (nSPS) is 10.5. The van der Waals surface area contributed by atoms with Crippen molar-refractivity contribution in [3.05, 3.63) is 58.1 Å². The molecule has 0 saturated heterocycles. The lowest BCUT2D eigenvalue weighted by molar-refractivity contribution is -0.384. The third kappa shape index (κ3) is 3.00. The molecule has 0 atom stereocenters. The Kier molecular flexibility index (Phi) is 4.06. The fourth-order valence-corrected chi connectivity index (χ4v) is 2.08. The number of methoxy groups -OCH3 is 1. The van der Waals surface area contributed by atoms with Crippen molar-refractivity contribution in [1.29, 1.82) is 0 Å². The van der Waals surface area contributed by atoms with Crippen molar-refractivity contribution in [2.45, 2.75) is 6.61 Å². The number of benzene rings is 2. The van der Waals surface area contributed by atoms with Gasteiger partial charge in [0.2, 0.25) is 0 Å². The van der Waals surface area contributed by atoms with Gasteiger partial charge in [0.1, 0.15) is 23.4 Å². The predicted molar refractivity (Wildman–Crippen MR) is 82.8 cm³/mol. The highest BCUT2D eigenvalue weighted by molar-refractivity contribution is 5.86. The minimum absolute atomic E-state index is 0.0269. The zero-order valence-electron chi connectivity index (χ0n) is 12.6. The molecular weight excluding hydrogens is 316 g/mol. The number of non-ortho nitro benzene ring substituents is 1. The topological polar surface area (TPSA) is 109 Å². The van der Waals surface area contributed by atoms with Crippen molar-refractivity contribution in [3.63, 3.8) is 0 Å². The molecule has 9 heteroatoms. The van der Waals surface area contributed by atoms with Gasteiger partial charge in [0.05, 0.1) is 12.0 Å². The molecule has 122 valence electrons. The summed E-state index contributed by atoms with van der Waals surface area (Å²) in [5.74, 6) is 0.694. The lowest BCUT2D eigenvalue weighted by Crippen LogP contribution is -2.15. The summed E-state index contributed by atoms with van der Waals surface area (Å²) in [6, 6.07) is 11.0. The highest BCUT2D eigenvalue weighted by Gasteiger charge is 2.16. The van der Waals surface area contributed by atoms with Crippen LogP contribution in [0.4, 0.5) is 10.5 Å². The Bertz CT molecular complexity index is 904. The smallest absolute Gasteiger partial charge is 0.437 e. The molecule has 0 unspecified atom stereocenters. The van der Waals surface area contributed by atoms with Crippen LogP contribution in [0.3, 0.4) is 0 Å². The van der Waals surface area contributed by atoms with Crippen molar-refractivity contribution in [2.75, 3.05) is 7.11 Å². The molecule has 1 aromatic heterocycles. The minimum Gasteiger partial charge on any atom is -0.497 e. The predicted octanol–water partition coefficient (Wildman–Crippen LogP) is 2.53. The number of carbonyl (C=O) groups excluding carboxylic acids is 1. The molecule has 2 aromatic carbocycles. The number of fused-ring (bicyclic) bond motifs is 1. The Morgan fingerprint density at radius 3 is 2.67 bits per heavy atom. The first-order chi connectivity index (χ1) is 11.6. The van der Waals surface area contributed by atoms with Crippen LogP contribution < -0.4 is 4.74 Å². The number of aromatic nitrogens is 3. The monoisotopic (exact) mass is 328 g/mol. The number of carbonyl (C=O) groups is 1. The molecule has 0 radical (unpaired) electrons. The summed E-state index contributed by atoms with van der Waals surface area (Å²) in [6.07, 6.45) is -0.770. The van der Waals surface area contributed by atoms with E-state index in [0.717, 1.165) is 10.2 Å².